The van der Waals surface area contributed by atoms with Crippen molar-refractivity contribution in [3.8, 4) is 0 Å². The zero-order valence-corrected chi connectivity index (χ0v) is 14.1. The van der Waals surface area contributed by atoms with Crippen molar-refractivity contribution < 1.29 is 19.2 Å². The van der Waals surface area contributed by atoms with Gasteiger partial charge in [-0.2, -0.15) is 5.06 Å². The average molecular weight is 358 g/mol. The number of benzene rings is 2. The van der Waals surface area contributed by atoms with Crippen LogP contribution in [0.2, 0.25) is 5.02 Å². The first-order valence-corrected chi connectivity index (χ1v) is 8.28. The zero-order chi connectivity index (χ0) is 17.8. The van der Waals surface area contributed by atoms with E-state index >= 15 is 0 Å². The third-order valence-corrected chi connectivity index (χ3v) is 4.18. The van der Waals surface area contributed by atoms with Crippen LogP contribution in [0.3, 0.4) is 0 Å². The number of nitrogens with zero attached hydrogens (tertiary/aromatic N) is 1. The van der Waals surface area contributed by atoms with E-state index in [1.54, 1.807) is 54.6 Å². The topological polar surface area (TPSA) is 63.7 Å². The largest absolute Gasteiger partial charge is 0.291 e. The Morgan fingerprint density at radius 3 is 2.20 bits per heavy atom. The van der Waals surface area contributed by atoms with Crippen molar-refractivity contribution in [2.45, 2.75) is 25.4 Å². The van der Waals surface area contributed by atoms with Crippen LogP contribution >= 0.6 is 11.6 Å². The van der Waals surface area contributed by atoms with E-state index < -0.39 is 17.9 Å². The van der Waals surface area contributed by atoms with Gasteiger partial charge in [-0.25, -0.2) is 0 Å². The number of Topliss-reactive ketones (excluding diaryl/α,β-unsaturated/α-hetero) is 1. The summed E-state index contributed by atoms with van der Waals surface area (Å²) >= 11 is 5.89. The van der Waals surface area contributed by atoms with E-state index in [0.717, 1.165) is 10.6 Å². The summed E-state index contributed by atoms with van der Waals surface area (Å²) in [5.74, 6) is -1.14. The lowest BCUT2D eigenvalue weighted by Gasteiger charge is -2.21. The van der Waals surface area contributed by atoms with Crippen LogP contribution in [0, 0.1) is 0 Å². The van der Waals surface area contributed by atoms with Gasteiger partial charge in [0.05, 0.1) is 0 Å². The summed E-state index contributed by atoms with van der Waals surface area (Å²) in [5.41, 5.74) is 1.28. The van der Waals surface area contributed by atoms with Crippen LogP contribution in [0.1, 0.15) is 28.8 Å². The molecule has 0 aliphatic carbocycles. The molecular weight excluding hydrogens is 342 g/mol. The maximum atomic E-state index is 12.8. The second-order valence-corrected chi connectivity index (χ2v) is 6.17. The second kappa shape index (κ2) is 7.59. The maximum absolute atomic E-state index is 12.8. The molecule has 1 unspecified atom stereocenters. The van der Waals surface area contributed by atoms with Crippen molar-refractivity contribution in [1.82, 2.24) is 5.06 Å². The van der Waals surface area contributed by atoms with E-state index in [1.165, 1.54) is 0 Å². The second-order valence-electron chi connectivity index (χ2n) is 5.74. The number of halogens is 1. The minimum atomic E-state index is -0.977. The van der Waals surface area contributed by atoms with Crippen molar-refractivity contribution in [3.05, 3.63) is 70.7 Å². The Hall–Kier alpha value is -2.50. The molecule has 2 aromatic rings. The number of imide groups is 1. The number of carbonyl (C=O) groups excluding carboxylic acids is 3. The molecule has 128 valence electrons. The SMILES string of the molecule is O=C(c1ccccc1)C(Cc1ccc(Cl)cc1)ON1C(=O)CCC1=O. The molecule has 0 saturated carbocycles. The smallest absolute Gasteiger partial charge is 0.254 e. The molecule has 0 N–H and O–H groups in total. The van der Waals surface area contributed by atoms with Gasteiger partial charge in [0.25, 0.3) is 11.8 Å². The molecule has 2 aromatic carbocycles. The summed E-state index contributed by atoms with van der Waals surface area (Å²) in [6.07, 6.45) is -0.547. The molecule has 1 aliphatic rings. The van der Waals surface area contributed by atoms with Crippen molar-refractivity contribution in [2.75, 3.05) is 0 Å². The van der Waals surface area contributed by atoms with E-state index in [0.29, 0.717) is 10.6 Å². The van der Waals surface area contributed by atoms with Gasteiger partial charge in [0.15, 0.2) is 11.9 Å². The van der Waals surface area contributed by atoms with Gasteiger partial charge in [-0.1, -0.05) is 54.1 Å². The molecule has 0 radical (unpaired) electrons. The van der Waals surface area contributed by atoms with Gasteiger partial charge in [0.2, 0.25) is 0 Å². The third kappa shape index (κ3) is 4.13. The Bertz CT molecular complexity index is 773. The van der Waals surface area contributed by atoms with Crippen LogP contribution in [0.15, 0.2) is 54.6 Å². The average Bonchev–Trinajstić information content (AvgIpc) is 2.95. The standard InChI is InChI=1S/C19H16ClNO4/c20-15-8-6-13(7-9-15)12-16(19(24)14-4-2-1-3-5-14)25-21-17(22)10-11-18(21)23/h1-9,16H,10-12H2. The highest BCUT2D eigenvalue weighted by molar-refractivity contribution is 6.30. The quantitative estimate of drug-likeness (QED) is 0.588. The Labute approximate surface area is 150 Å². The molecule has 2 amide bonds. The van der Waals surface area contributed by atoms with Crippen LogP contribution in [-0.2, 0) is 20.8 Å². The lowest BCUT2D eigenvalue weighted by atomic mass is 10.00. The number of hydrogen-bond acceptors (Lipinski definition) is 4. The third-order valence-electron chi connectivity index (χ3n) is 3.92. The monoisotopic (exact) mass is 357 g/mol. The summed E-state index contributed by atoms with van der Waals surface area (Å²) in [7, 11) is 0. The first kappa shape index (κ1) is 17.3. The van der Waals surface area contributed by atoms with E-state index in [2.05, 4.69) is 0 Å². The molecule has 1 heterocycles. The molecule has 0 aromatic heterocycles. The molecule has 25 heavy (non-hydrogen) atoms. The van der Waals surface area contributed by atoms with Crippen molar-refractivity contribution in [1.29, 1.82) is 0 Å². The first-order chi connectivity index (χ1) is 12.0. The lowest BCUT2D eigenvalue weighted by Crippen LogP contribution is -2.39. The lowest BCUT2D eigenvalue weighted by molar-refractivity contribution is -0.195. The normalized spacial score (nSPS) is 15.5. The van der Waals surface area contributed by atoms with Crippen LogP contribution in [-0.4, -0.2) is 28.8 Å². The molecule has 1 saturated heterocycles. The van der Waals surface area contributed by atoms with Gasteiger partial charge in [-0.05, 0) is 17.7 Å². The fourth-order valence-electron chi connectivity index (χ4n) is 2.60. The van der Waals surface area contributed by atoms with Crippen molar-refractivity contribution >= 4 is 29.2 Å². The molecule has 1 atom stereocenters. The molecule has 3 rings (SSSR count). The Morgan fingerprint density at radius 1 is 1.00 bits per heavy atom. The van der Waals surface area contributed by atoms with Gasteiger partial charge in [0.1, 0.15) is 0 Å². The summed E-state index contributed by atoms with van der Waals surface area (Å²) in [6.45, 7) is 0. The molecule has 6 heteroatoms. The summed E-state index contributed by atoms with van der Waals surface area (Å²) < 4.78 is 0. The van der Waals surface area contributed by atoms with Gasteiger partial charge in [-0.3, -0.25) is 19.2 Å². The number of amides is 2. The molecule has 5 nitrogen and oxygen atoms in total. The number of hydrogen-bond donors (Lipinski definition) is 0. The Morgan fingerprint density at radius 2 is 1.60 bits per heavy atom. The summed E-state index contributed by atoms with van der Waals surface area (Å²) in [5, 5.41) is 1.31. The van der Waals surface area contributed by atoms with E-state index in [4.69, 9.17) is 16.4 Å². The highest BCUT2D eigenvalue weighted by Gasteiger charge is 2.35. The minimum Gasteiger partial charge on any atom is -0.291 e. The van der Waals surface area contributed by atoms with E-state index in [1.807, 2.05) is 0 Å². The van der Waals surface area contributed by atoms with Crippen LogP contribution in [0.4, 0.5) is 0 Å². The minimum absolute atomic E-state index is 0.103. The molecule has 0 spiro atoms. The maximum Gasteiger partial charge on any atom is 0.254 e. The zero-order valence-electron chi connectivity index (χ0n) is 13.4. The van der Waals surface area contributed by atoms with Gasteiger partial charge >= 0.3 is 0 Å². The van der Waals surface area contributed by atoms with E-state index in [-0.39, 0.29) is 25.0 Å². The predicted molar refractivity (Wildman–Crippen MR) is 91.9 cm³/mol. The van der Waals surface area contributed by atoms with Crippen molar-refractivity contribution in [3.63, 3.8) is 0 Å². The Balaban J connectivity index is 1.84. The van der Waals surface area contributed by atoms with Crippen LogP contribution < -0.4 is 0 Å². The fraction of sp³-hybridized carbons (Fsp3) is 0.211. The van der Waals surface area contributed by atoms with Gasteiger partial charge in [-0.15, -0.1) is 0 Å². The highest BCUT2D eigenvalue weighted by Crippen LogP contribution is 2.19. The number of rotatable bonds is 6. The predicted octanol–water partition coefficient (Wildman–Crippen LogP) is 3.21. The number of carbonyl (C=O) groups is 3. The van der Waals surface area contributed by atoms with Gasteiger partial charge in [0, 0.05) is 29.8 Å². The summed E-state index contributed by atoms with van der Waals surface area (Å²) in [4.78, 5) is 42.0. The van der Waals surface area contributed by atoms with E-state index in [9.17, 15) is 14.4 Å². The molecule has 1 aliphatic heterocycles. The molecular formula is C19H16ClNO4. The first-order valence-electron chi connectivity index (χ1n) is 7.91. The fourth-order valence-corrected chi connectivity index (χ4v) is 2.73. The molecule has 1 fully saturated rings. The van der Waals surface area contributed by atoms with Crippen LogP contribution in [0.25, 0.3) is 0 Å². The number of ketones is 1. The Kier molecular flexibility index (Phi) is 5.26. The van der Waals surface area contributed by atoms with Gasteiger partial charge < -0.3 is 0 Å². The summed E-state index contributed by atoms with van der Waals surface area (Å²) in [6, 6.07) is 15.6. The number of hydroxylamine groups is 2. The highest BCUT2D eigenvalue weighted by atomic mass is 35.5. The van der Waals surface area contributed by atoms with Crippen LogP contribution in [0.5, 0.6) is 0 Å². The van der Waals surface area contributed by atoms with Crippen molar-refractivity contribution in [2.24, 2.45) is 0 Å². The molecule has 0 bridgehead atoms.